The zero-order chi connectivity index (χ0) is 20.1. The smallest absolute Gasteiger partial charge is 0.253 e. The average molecular weight is 383 g/mol. The van der Waals surface area contributed by atoms with Gasteiger partial charge in [-0.05, 0) is 55.4 Å². The van der Waals surface area contributed by atoms with E-state index in [-0.39, 0.29) is 23.5 Å². The maximum Gasteiger partial charge on any atom is 0.253 e. The molecule has 1 aliphatic heterocycles. The van der Waals surface area contributed by atoms with E-state index < -0.39 is 0 Å². The van der Waals surface area contributed by atoms with E-state index in [1.165, 1.54) is 12.1 Å². The predicted molar refractivity (Wildman–Crippen MR) is 108 cm³/mol. The number of hydrogen-bond acceptors (Lipinski definition) is 3. The van der Waals surface area contributed by atoms with Crippen molar-refractivity contribution in [2.75, 3.05) is 38.5 Å². The van der Waals surface area contributed by atoms with Crippen LogP contribution in [0.1, 0.15) is 35.2 Å². The zero-order valence-corrected chi connectivity index (χ0v) is 16.3. The van der Waals surface area contributed by atoms with E-state index in [1.54, 1.807) is 36.4 Å². The average Bonchev–Trinajstić information content (AvgIpc) is 2.70. The Bertz CT molecular complexity index is 813. The van der Waals surface area contributed by atoms with Crippen LogP contribution >= 0.6 is 0 Å². The Kier molecular flexibility index (Phi) is 6.41. The van der Waals surface area contributed by atoms with Gasteiger partial charge in [-0.25, -0.2) is 4.39 Å². The second kappa shape index (κ2) is 8.97. The number of nitrogens with one attached hydrogen (secondary N) is 1. The lowest BCUT2D eigenvalue weighted by atomic mass is 9.95. The van der Waals surface area contributed by atoms with Crippen molar-refractivity contribution in [2.45, 2.75) is 19.3 Å². The van der Waals surface area contributed by atoms with Gasteiger partial charge >= 0.3 is 0 Å². The topological polar surface area (TPSA) is 52.7 Å². The molecule has 6 heteroatoms. The van der Waals surface area contributed by atoms with E-state index in [9.17, 15) is 14.0 Å². The molecule has 2 aromatic carbocycles. The van der Waals surface area contributed by atoms with E-state index in [0.29, 0.717) is 17.7 Å². The summed E-state index contributed by atoms with van der Waals surface area (Å²) in [4.78, 5) is 29.3. The van der Waals surface area contributed by atoms with Crippen LogP contribution in [0.5, 0.6) is 0 Å². The molecule has 5 nitrogen and oxygen atoms in total. The Morgan fingerprint density at radius 3 is 2.18 bits per heavy atom. The SMILES string of the molecule is CCC(C(=O)Nc1ccc(C(=O)N2CCN(C)CC2)cc1)c1ccc(F)cc1. The molecule has 0 saturated carbocycles. The first-order valence-corrected chi connectivity index (χ1v) is 9.62. The maximum atomic E-state index is 13.1. The molecule has 28 heavy (non-hydrogen) atoms. The molecule has 1 N–H and O–H groups in total. The van der Waals surface area contributed by atoms with Gasteiger partial charge in [0.25, 0.3) is 5.91 Å². The quantitative estimate of drug-likeness (QED) is 0.862. The normalized spacial score (nSPS) is 15.9. The third-order valence-electron chi connectivity index (χ3n) is 5.19. The van der Waals surface area contributed by atoms with Crippen LogP contribution in [0, 0.1) is 5.82 Å². The minimum atomic E-state index is -0.354. The molecule has 0 radical (unpaired) electrons. The van der Waals surface area contributed by atoms with E-state index in [0.717, 1.165) is 31.7 Å². The number of amides is 2. The van der Waals surface area contributed by atoms with Gasteiger partial charge in [-0.15, -0.1) is 0 Å². The molecule has 0 spiro atoms. The highest BCUT2D eigenvalue weighted by molar-refractivity contribution is 5.97. The molecular weight excluding hydrogens is 357 g/mol. The first kappa shape index (κ1) is 20.0. The number of hydrogen-bond donors (Lipinski definition) is 1. The predicted octanol–water partition coefficient (Wildman–Crippen LogP) is 3.35. The lowest BCUT2D eigenvalue weighted by Crippen LogP contribution is -2.47. The summed E-state index contributed by atoms with van der Waals surface area (Å²) in [5.74, 6) is -0.803. The lowest BCUT2D eigenvalue weighted by molar-refractivity contribution is -0.117. The van der Waals surface area contributed by atoms with Crippen molar-refractivity contribution in [3.8, 4) is 0 Å². The highest BCUT2D eigenvalue weighted by Gasteiger charge is 2.21. The van der Waals surface area contributed by atoms with Gasteiger partial charge in [-0.3, -0.25) is 9.59 Å². The number of carbonyl (C=O) groups excluding carboxylic acids is 2. The number of piperazine rings is 1. The number of nitrogens with zero attached hydrogens (tertiary/aromatic N) is 2. The first-order chi connectivity index (χ1) is 13.5. The second-order valence-corrected chi connectivity index (χ2v) is 7.17. The fraction of sp³-hybridized carbons (Fsp3) is 0.364. The summed E-state index contributed by atoms with van der Waals surface area (Å²) < 4.78 is 13.1. The van der Waals surface area contributed by atoms with Crippen molar-refractivity contribution < 1.29 is 14.0 Å². The van der Waals surface area contributed by atoms with Gasteiger partial charge in [-0.2, -0.15) is 0 Å². The van der Waals surface area contributed by atoms with Crippen LogP contribution in [0.2, 0.25) is 0 Å². The highest BCUT2D eigenvalue weighted by Crippen LogP contribution is 2.22. The summed E-state index contributed by atoms with van der Waals surface area (Å²) in [5.41, 5.74) is 2.04. The summed E-state index contributed by atoms with van der Waals surface area (Å²) in [6, 6.07) is 13.0. The molecule has 0 aromatic heterocycles. The number of carbonyl (C=O) groups is 2. The summed E-state index contributed by atoms with van der Waals surface area (Å²) in [7, 11) is 2.05. The van der Waals surface area contributed by atoms with Crippen LogP contribution in [0.3, 0.4) is 0 Å². The van der Waals surface area contributed by atoms with Gasteiger partial charge in [0, 0.05) is 37.4 Å². The van der Waals surface area contributed by atoms with Crippen LogP contribution in [-0.4, -0.2) is 54.8 Å². The number of likely N-dealkylation sites (N-methyl/N-ethyl adjacent to an activating group) is 1. The molecule has 1 saturated heterocycles. The Hall–Kier alpha value is -2.73. The second-order valence-electron chi connectivity index (χ2n) is 7.17. The van der Waals surface area contributed by atoms with Crippen molar-refractivity contribution in [3.05, 3.63) is 65.5 Å². The van der Waals surface area contributed by atoms with Gasteiger partial charge in [0.2, 0.25) is 5.91 Å². The third kappa shape index (κ3) is 4.75. The van der Waals surface area contributed by atoms with Crippen LogP contribution in [-0.2, 0) is 4.79 Å². The Morgan fingerprint density at radius 1 is 1.00 bits per heavy atom. The van der Waals surface area contributed by atoms with Gasteiger partial charge in [0.05, 0.1) is 5.92 Å². The third-order valence-corrected chi connectivity index (χ3v) is 5.19. The molecule has 0 bridgehead atoms. The van der Waals surface area contributed by atoms with E-state index >= 15 is 0 Å². The number of benzene rings is 2. The molecule has 148 valence electrons. The molecule has 1 unspecified atom stereocenters. The van der Waals surface area contributed by atoms with Gasteiger partial charge < -0.3 is 15.1 Å². The van der Waals surface area contributed by atoms with Crippen LogP contribution in [0.15, 0.2) is 48.5 Å². The standard InChI is InChI=1S/C22H26FN3O2/c1-3-20(16-4-8-18(23)9-5-16)21(27)24-19-10-6-17(7-11-19)22(28)26-14-12-25(2)13-15-26/h4-11,20H,3,12-15H2,1-2H3,(H,24,27). The number of halogens is 1. The Balaban J connectivity index is 1.63. The van der Waals surface area contributed by atoms with Gasteiger partial charge in [-0.1, -0.05) is 19.1 Å². The monoisotopic (exact) mass is 383 g/mol. The maximum absolute atomic E-state index is 13.1. The molecule has 1 aliphatic rings. The summed E-state index contributed by atoms with van der Waals surface area (Å²) >= 11 is 0. The van der Waals surface area contributed by atoms with Crippen molar-refractivity contribution in [1.82, 2.24) is 9.80 Å². The van der Waals surface area contributed by atoms with Crippen molar-refractivity contribution >= 4 is 17.5 Å². The van der Waals surface area contributed by atoms with Crippen LogP contribution in [0.4, 0.5) is 10.1 Å². The molecule has 3 rings (SSSR count). The summed E-state index contributed by atoms with van der Waals surface area (Å²) in [6.45, 7) is 5.13. The minimum Gasteiger partial charge on any atom is -0.336 e. The van der Waals surface area contributed by atoms with Gasteiger partial charge in [0.1, 0.15) is 5.82 Å². The zero-order valence-electron chi connectivity index (χ0n) is 16.3. The van der Waals surface area contributed by atoms with Crippen LogP contribution in [0.25, 0.3) is 0 Å². The van der Waals surface area contributed by atoms with E-state index in [1.807, 2.05) is 11.8 Å². The molecule has 1 atom stereocenters. The fourth-order valence-corrected chi connectivity index (χ4v) is 3.39. The van der Waals surface area contributed by atoms with Gasteiger partial charge in [0.15, 0.2) is 0 Å². The van der Waals surface area contributed by atoms with Crippen molar-refractivity contribution in [2.24, 2.45) is 0 Å². The summed E-state index contributed by atoms with van der Waals surface area (Å²) in [5, 5.41) is 2.89. The first-order valence-electron chi connectivity index (χ1n) is 9.62. The lowest BCUT2D eigenvalue weighted by Gasteiger charge is -2.32. The Labute approximate surface area is 165 Å². The fourth-order valence-electron chi connectivity index (χ4n) is 3.39. The molecule has 1 fully saturated rings. The van der Waals surface area contributed by atoms with Crippen LogP contribution < -0.4 is 5.32 Å². The minimum absolute atomic E-state index is 0.0173. The number of anilines is 1. The summed E-state index contributed by atoms with van der Waals surface area (Å²) in [6.07, 6.45) is 0.609. The largest absolute Gasteiger partial charge is 0.336 e. The number of rotatable bonds is 5. The molecule has 2 aromatic rings. The molecular formula is C22H26FN3O2. The highest BCUT2D eigenvalue weighted by atomic mass is 19.1. The van der Waals surface area contributed by atoms with E-state index in [2.05, 4.69) is 17.3 Å². The van der Waals surface area contributed by atoms with E-state index in [4.69, 9.17) is 0 Å². The Morgan fingerprint density at radius 2 is 1.61 bits per heavy atom. The molecule has 2 amide bonds. The van der Waals surface area contributed by atoms with Crippen molar-refractivity contribution in [3.63, 3.8) is 0 Å². The molecule has 1 heterocycles. The molecule has 0 aliphatic carbocycles. The van der Waals surface area contributed by atoms with Crippen molar-refractivity contribution in [1.29, 1.82) is 0 Å².